The van der Waals surface area contributed by atoms with Gasteiger partial charge in [-0.3, -0.25) is 9.48 Å². The second-order valence-corrected chi connectivity index (χ2v) is 7.70. The first kappa shape index (κ1) is 20.6. The first-order chi connectivity index (χ1) is 15.4. The number of halogens is 3. The molecular formula is C23H20F3N3O3. The lowest BCUT2D eigenvalue weighted by molar-refractivity contribution is -0.142. The smallest absolute Gasteiger partial charge is 0.435 e. The van der Waals surface area contributed by atoms with Crippen molar-refractivity contribution in [2.45, 2.75) is 31.7 Å². The predicted octanol–water partition coefficient (Wildman–Crippen LogP) is 4.03. The standard InChI is InChI=1S/C23H20F3N3O3/c24-23(25,26)21-16-13-31-12-9-17(16)29(28-21)11-10-27-22(30)20-14-5-1-3-7-18(14)32-19-8-4-2-6-15(19)20/h1-8,20H,9-13H2,(H,27,30). The average molecular weight is 443 g/mol. The minimum Gasteiger partial charge on any atom is -0.457 e. The van der Waals surface area contributed by atoms with Crippen molar-refractivity contribution in [2.75, 3.05) is 13.2 Å². The molecule has 6 nitrogen and oxygen atoms in total. The van der Waals surface area contributed by atoms with Crippen LogP contribution in [0.3, 0.4) is 0 Å². The quantitative estimate of drug-likeness (QED) is 0.662. The molecule has 0 saturated heterocycles. The van der Waals surface area contributed by atoms with Gasteiger partial charge in [0.2, 0.25) is 5.91 Å². The lowest BCUT2D eigenvalue weighted by atomic mass is 9.87. The van der Waals surface area contributed by atoms with E-state index >= 15 is 0 Å². The third-order valence-electron chi connectivity index (χ3n) is 5.73. The van der Waals surface area contributed by atoms with Crippen LogP contribution in [0.15, 0.2) is 48.5 Å². The molecule has 9 heteroatoms. The number of nitrogens with zero attached hydrogens (tertiary/aromatic N) is 2. The highest BCUT2D eigenvalue weighted by atomic mass is 19.4. The Kier molecular flexibility index (Phi) is 5.13. The molecule has 0 unspecified atom stereocenters. The number of rotatable bonds is 4. The lowest BCUT2D eigenvalue weighted by Crippen LogP contribution is -2.34. The van der Waals surface area contributed by atoms with Gasteiger partial charge in [0.15, 0.2) is 5.69 Å². The van der Waals surface area contributed by atoms with Gasteiger partial charge in [0.25, 0.3) is 0 Å². The molecule has 0 spiro atoms. The number of alkyl halides is 3. The Labute approximate surface area is 181 Å². The Bertz CT molecular complexity index is 1130. The van der Waals surface area contributed by atoms with Gasteiger partial charge in [-0.2, -0.15) is 18.3 Å². The first-order valence-corrected chi connectivity index (χ1v) is 10.3. The van der Waals surface area contributed by atoms with Gasteiger partial charge in [-0.15, -0.1) is 0 Å². The highest BCUT2D eigenvalue weighted by Gasteiger charge is 2.40. The van der Waals surface area contributed by atoms with Gasteiger partial charge in [-0.1, -0.05) is 36.4 Å². The van der Waals surface area contributed by atoms with Crippen LogP contribution < -0.4 is 10.1 Å². The maximum absolute atomic E-state index is 13.4. The van der Waals surface area contributed by atoms with Crippen molar-refractivity contribution >= 4 is 5.91 Å². The topological polar surface area (TPSA) is 65.4 Å². The summed E-state index contributed by atoms with van der Waals surface area (Å²) < 4.78 is 52.5. The minimum atomic E-state index is -4.55. The van der Waals surface area contributed by atoms with Gasteiger partial charge in [0, 0.05) is 35.3 Å². The third kappa shape index (κ3) is 3.62. The molecule has 32 heavy (non-hydrogen) atoms. The molecule has 0 fully saturated rings. The summed E-state index contributed by atoms with van der Waals surface area (Å²) in [6.45, 7) is 0.521. The summed E-state index contributed by atoms with van der Waals surface area (Å²) in [5.41, 5.74) is 1.18. The van der Waals surface area contributed by atoms with Crippen molar-refractivity contribution < 1.29 is 27.4 Å². The third-order valence-corrected chi connectivity index (χ3v) is 5.73. The second kappa shape index (κ2) is 7.98. The van der Waals surface area contributed by atoms with E-state index in [2.05, 4.69) is 10.4 Å². The highest BCUT2D eigenvalue weighted by Crippen LogP contribution is 2.43. The lowest BCUT2D eigenvalue weighted by Gasteiger charge is -2.27. The molecule has 0 saturated carbocycles. The van der Waals surface area contributed by atoms with E-state index in [0.29, 0.717) is 30.2 Å². The van der Waals surface area contributed by atoms with Crippen LogP contribution in [0.2, 0.25) is 0 Å². The number of hydrogen-bond acceptors (Lipinski definition) is 4. The normalized spacial score (nSPS) is 15.3. The van der Waals surface area contributed by atoms with Crippen LogP contribution in [-0.4, -0.2) is 28.8 Å². The minimum absolute atomic E-state index is 0.0855. The summed E-state index contributed by atoms with van der Waals surface area (Å²) in [6, 6.07) is 14.7. The van der Waals surface area contributed by atoms with E-state index in [1.807, 2.05) is 48.5 Å². The fourth-order valence-corrected chi connectivity index (χ4v) is 4.30. The summed E-state index contributed by atoms with van der Waals surface area (Å²) in [6.07, 6.45) is -4.19. The molecule has 0 radical (unpaired) electrons. The average Bonchev–Trinajstić information content (AvgIpc) is 3.16. The van der Waals surface area contributed by atoms with Crippen molar-refractivity contribution in [3.8, 4) is 11.5 Å². The number of fused-ring (bicyclic) bond motifs is 3. The molecule has 0 aliphatic carbocycles. The van der Waals surface area contributed by atoms with E-state index in [0.717, 1.165) is 11.1 Å². The molecule has 2 aromatic carbocycles. The Balaban J connectivity index is 1.35. The van der Waals surface area contributed by atoms with Crippen LogP contribution in [0.4, 0.5) is 13.2 Å². The Morgan fingerprint density at radius 1 is 1.09 bits per heavy atom. The predicted molar refractivity (Wildman–Crippen MR) is 108 cm³/mol. The number of para-hydroxylation sites is 2. The van der Waals surface area contributed by atoms with Crippen molar-refractivity contribution in [3.05, 3.63) is 76.6 Å². The van der Waals surface area contributed by atoms with Crippen molar-refractivity contribution in [3.63, 3.8) is 0 Å². The van der Waals surface area contributed by atoms with E-state index in [1.54, 1.807) is 0 Å². The second-order valence-electron chi connectivity index (χ2n) is 7.70. The summed E-state index contributed by atoms with van der Waals surface area (Å²) in [7, 11) is 0. The number of ether oxygens (including phenoxy) is 2. The van der Waals surface area contributed by atoms with Gasteiger partial charge in [-0.25, -0.2) is 0 Å². The van der Waals surface area contributed by atoms with Gasteiger partial charge >= 0.3 is 6.18 Å². The van der Waals surface area contributed by atoms with Gasteiger partial charge in [0.1, 0.15) is 11.5 Å². The van der Waals surface area contributed by atoms with E-state index < -0.39 is 17.8 Å². The summed E-state index contributed by atoms with van der Waals surface area (Å²) >= 11 is 0. The molecule has 3 heterocycles. The highest BCUT2D eigenvalue weighted by molar-refractivity contribution is 5.89. The maximum Gasteiger partial charge on any atom is 0.435 e. The molecule has 5 rings (SSSR count). The zero-order chi connectivity index (χ0) is 22.3. The van der Waals surface area contributed by atoms with Crippen LogP contribution in [-0.2, 0) is 35.3 Å². The van der Waals surface area contributed by atoms with Gasteiger partial charge < -0.3 is 14.8 Å². The van der Waals surface area contributed by atoms with E-state index in [4.69, 9.17) is 9.47 Å². The number of nitrogens with one attached hydrogen (secondary N) is 1. The number of hydrogen-bond donors (Lipinski definition) is 1. The molecular weight excluding hydrogens is 423 g/mol. The van der Waals surface area contributed by atoms with Crippen molar-refractivity contribution in [1.29, 1.82) is 0 Å². The maximum atomic E-state index is 13.4. The van der Waals surface area contributed by atoms with Gasteiger partial charge in [-0.05, 0) is 12.1 Å². The molecule has 166 valence electrons. The molecule has 1 aromatic heterocycles. The number of carbonyl (C=O) groups is 1. The largest absolute Gasteiger partial charge is 0.457 e. The SMILES string of the molecule is O=C(NCCn1nc(C(F)(F)F)c2c1CCOC2)C1c2ccccc2Oc2ccccc21. The summed E-state index contributed by atoms with van der Waals surface area (Å²) in [4.78, 5) is 13.2. The van der Waals surface area contributed by atoms with E-state index in [1.165, 1.54) is 4.68 Å². The molecule has 0 atom stereocenters. The van der Waals surface area contributed by atoms with Gasteiger partial charge in [0.05, 0.1) is 25.7 Å². The van der Waals surface area contributed by atoms with Crippen LogP contribution >= 0.6 is 0 Å². The zero-order valence-corrected chi connectivity index (χ0v) is 17.0. The van der Waals surface area contributed by atoms with Crippen LogP contribution in [0.1, 0.15) is 34.0 Å². The van der Waals surface area contributed by atoms with E-state index in [9.17, 15) is 18.0 Å². The fraction of sp³-hybridized carbons (Fsp3) is 0.304. The van der Waals surface area contributed by atoms with Crippen LogP contribution in [0, 0.1) is 0 Å². The first-order valence-electron chi connectivity index (χ1n) is 10.3. The molecule has 1 N–H and O–H groups in total. The number of aromatic nitrogens is 2. The zero-order valence-electron chi connectivity index (χ0n) is 17.0. The number of amides is 1. The van der Waals surface area contributed by atoms with Crippen LogP contribution in [0.25, 0.3) is 0 Å². The summed E-state index contributed by atoms with van der Waals surface area (Å²) in [5.74, 6) is 0.417. The summed E-state index contributed by atoms with van der Waals surface area (Å²) in [5, 5.41) is 6.65. The molecule has 2 aliphatic heterocycles. The van der Waals surface area contributed by atoms with Crippen molar-refractivity contribution in [1.82, 2.24) is 15.1 Å². The fourth-order valence-electron chi connectivity index (χ4n) is 4.30. The van der Waals surface area contributed by atoms with E-state index in [-0.39, 0.29) is 31.2 Å². The Morgan fingerprint density at radius 3 is 2.41 bits per heavy atom. The number of carbonyl (C=O) groups excluding carboxylic acids is 1. The Hall–Kier alpha value is -3.33. The van der Waals surface area contributed by atoms with Crippen LogP contribution in [0.5, 0.6) is 11.5 Å². The molecule has 1 amide bonds. The molecule has 2 aliphatic rings. The monoisotopic (exact) mass is 443 g/mol. The molecule has 3 aromatic rings. The Morgan fingerprint density at radius 2 is 1.75 bits per heavy atom. The number of benzene rings is 2. The van der Waals surface area contributed by atoms with Crippen molar-refractivity contribution in [2.24, 2.45) is 0 Å². The molecule has 0 bridgehead atoms.